The molecule has 1 aliphatic rings. The van der Waals surface area contributed by atoms with E-state index in [9.17, 15) is 26.4 Å². The van der Waals surface area contributed by atoms with E-state index in [4.69, 9.17) is 21.6 Å². The number of nitrogens with one attached hydrogen (secondary N) is 2. The molecule has 0 saturated heterocycles. The molecule has 9 nitrogen and oxygen atoms in total. The summed E-state index contributed by atoms with van der Waals surface area (Å²) >= 11 is 6.60. The number of rotatable bonds is 10. The van der Waals surface area contributed by atoms with Crippen LogP contribution in [-0.2, 0) is 16.4 Å². The van der Waals surface area contributed by atoms with Crippen LogP contribution in [0.15, 0.2) is 18.2 Å². The summed E-state index contributed by atoms with van der Waals surface area (Å²) in [5.41, 5.74) is 0.787. The molecular weight excluding hydrogens is 547 g/mol. The predicted molar refractivity (Wildman–Crippen MR) is 137 cm³/mol. The number of nitriles is 1. The molecule has 1 aromatic heterocycles. The molecule has 0 bridgehead atoms. The average molecular weight is 576 g/mol. The summed E-state index contributed by atoms with van der Waals surface area (Å²) in [4.78, 5) is 13.0. The summed E-state index contributed by atoms with van der Waals surface area (Å²) in [7, 11) is -1.74. The Labute approximate surface area is 224 Å². The second kappa shape index (κ2) is 12.3. The normalized spacial score (nSPS) is 18.0. The van der Waals surface area contributed by atoms with Gasteiger partial charge in [-0.05, 0) is 43.7 Å². The van der Waals surface area contributed by atoms with Crippen molar-refractivity contribution in [2.45, 2.75) is 50.1 Å². The van der Waals surface area contributed by atoms with Crippen LogP contribution in [0, 0.1) is 17.2 Å². The Morgan fingerprint density at radius 2 is 1.97 bits per heavy atom. The SMILES string of the molecule is COc1cc(NCC(F)(F)F)ccc1-c1c(Cl)c(C(=O)NCC2CCC(S(C)(=O)=O)CC2)nn1CCC#N. The highest BCUT2D eigenvalue weighted by Crippen LogP contribution is 2.38. The first-order valence-corrected chi connectivity index (χ1v) is 14.3. The first kappa shape index (κ1) is 29.6. The van der Waals surface area contributed by atoms with Crippen LogP contribution in [0.1, 0.15) is 42.6 Å². The van der Waals surface area contributed by atoms with Crippen molar-refractivity contribution in [3.05, 3.63) is 28.9 Å². The number of halogens is 4. The molecule has 2 N–H and O–H groups in total. The number of nitrogens with zero attached hydrogens (tertiary/aromatic N) is 3. The molecule has 1 saturated carbocycles. The van der Waals surface area contributed by atoms with Crippen LogP contribution in [0.4, 0.5) is 18.9 Å². The zero-order valence-electron chi connectivity index (χ0n) is 20.9. The van der Waals surface area contributed by atoms with E-state index < -0.39 is 28.5 Å². The lowest BCUT2D eigenvalue weighted by Gasteiger charge is -2.27. The second-order valence-electron chi connectivity index (χ2n) is 9.21. The number of hydrogen-bond acceptors (Lipinski definition) is 7. The molecule has 0 unspecified atom stereocenters. The smallest absolute Gasteiger partial charge is 0.405 e. The Morgan fingerprint density at radius 3 is 2.55 bits per heavy atom. The first-order valence-electron chi connectivity index (χ1n) is 11.9. The minimum atomic E-state index is -4.40. The third-order valence-corrected chi connectivity index (χ3v) is 8.49. The molecule has 1 fully saturated rings. The summed E-state index contributed by atoms with van der Waals surface area (Å²) in [5.74, 6) is -0.209. The Morgan fingerprint density at radius 1 is 1.29 bits per heavy atom. The number of hydrogen-bond donors (Lipinski definition) is 2. The van der Waals surface area contributed by atoms with Crippen LogP contribution in [-0.4, -0.2) is 62.0 Å². The van der Waals surface area contributed by atoms with Crippen molar-refractivity contribution in [3.8, 4) is 23.1 Å². The van der Waals surface area contributed by atoms with Gasteiger partial charge in [0.2, 0.25) is 0 Å². The van der Waals surface area contributed by atoms with E-state index >= 15 is 0 Å². The molecule has 1 amide bonds. The maximum absolute atomic E-state index is 13.0. The fraction of sp³-hybridized carbons (Fsp3) is 0.542. The summed E-state index contributed by atoms with van der Waals surface area (Å²) in [6.45, 7) is -0.781. The molecule has 38 heavy (non-hydrogen) atoms. The molecule has 2 aromatic rings. The number of sulfone groups is 1. The quantitative estimate of drug-likeness (QED) is 0.429. The Kier molecular flexibility index (Phi) is 9.54. The maximum Gasteiger partial charge on any atom is 0.405 e. The van der Waals surface area contributed by atoms with Gasteiger partial charge in [0.25, 0.3) is 5.91 Å². The maximum atomic E-state index is 13.0. The zero-order chi connectivity index (χ0) is 28.1. The van der Waals surface area contributed by atoms with Crippen LogP contribution in [0.2, 0.25) is 5.02 Å². The lowest BCUT2D eigenvalue weighted by molar-refractivity contribution is -0.115. The van der Waals surface area contributed by atoms with Gasteiger partial charge in [0, 0.05) is 30.1 Å². The van der Waals surface area contributed by atoms with Gasteiger partial charge in [-0.25, -0.2) is 8.42 Å². The number of carbonyl (C=O) groups excluding carboxylic acids is 1. The molecule has 0 aliphatic heterocycles. The van der Waals surface area contributed by atoms with Gasteiger partial charge in [-0.3, -0.25) is 9.48 Å². The van der Waals surface area contributed by atoms with Gasteiger partial charge in [0.15, 0.2) is 5.69 Å². The van der Waals surface area contributed by atoms with Crippen LogP contribution in [0.3, 0.4) is 0 Å². The standard InChI is InChI=1S/C24H29ClF3N5O4S/c1-37-19-12-16(31-14-24(26,27)28)6-9-18(19)22-20(25)21(32-33(22)11-3-10-29)23(34)30-13-15-4-7-17(8-5-15)38(2,35)36/h6,9,12,15,17,31H,3-5,7-8,11,13-14H2,1-2H3,(H,30,34). The van der Waals surface area contributed by atoms with E-state index in [0.29, 0.717) is 43.5 Å². The number of amides is 1. The fourth-order valence-corrected chi connectivity index (χ4v) is 5.90. The lowest BCUT2D eigenvalue weighted by Crippen LogP contribution is -2.34. The number of aryl methyl sites for hydroxylation is 1. The summed E-state index contributed by atoms with van der Waals surface area (Å²) in [5, 5.41) is 18.1. The predicted octanol–water partition coefficient (Wildman–Crippen LogP) is 4.43. The van der Waals surface area contributed by atoms with Gasteiger partial charge in [0.1, 0.15) is 22.1 Å². The van der Waals surface area contributed by atoms with E-state index in [2.05, 4.69) is 15.7 Å². The van der Waals surface area contributed by atoms with Crippen molar-refractivity contribution in [1.29, 1.82) is 5.26 Å². The van der Waals surface area contributed by atoms with Crippen molar-refractivity contribution in [3.63, 3.8) is 0 Å². The third-order valence-electron chi connectivity index (χ3n) is 6.45. The molecule has 1 aliphatic carbocycles. The highest BCUT2D eigenvalue weighted by Gasteiger charge is 2.30. The number of methoxy groups -OCH3 is 1. The highest BCUT2D eigenvalue weighted by molar-refractivity contribution is 7.91. The monoisotopic (exact) mass is 575 g/mol. The Balaban J connectivity index is 1.81. The second-order valence-corrected chi connectivity index (χ2v) is 11.9. The van der Waals surface area contributed by atoms with E-state index in [0.717, 1.165) is 0 Å². The summed E-state index contributed by atoms with van der Waals surface area (Å²) in [6, 6.07) is 6.32. The van der Waals surface area contributed by atoms with Gasteiger partial charge < -0.3 is 15.4 Å². The van der Waals surface area contributed by atoms with Crippen molar-refractivity contribution in [2.75, 3.05) is 31.8 Å². The van der Waals surface area contributed by atoms with Crippen LogP contribution in [0.25, 0.3) is 11.3 Å². The third kappa shape index (κ3) is 7.54. The molecule has 0 atom stereocenters. The van der Waals surface area contributed by atoms with Crippen molar-refractivity contribution < 1.29 is 31.1 Å². The minimum absolute atomic E-state index is 0.00975. The summed E-state index contributed by atoms with van der Waals surface area (Å²) < 4.78 is 68.1. The van der Waals surface area contributed by atoms with Crippen LogP contribution < -0.4 is 15.4 Å². The minimum Gasteiger partial charge on any atom is -0.496 e. The topological polar surface area (TPSA) is 126 Å². The van der Waals surface area contributed by atoms with E-state index in [-0.39, 0.29) is 46.3 Å². The van der Waals surface area contributed by atoms with Gasteiger partial charge in [-0.2, -0.15) is 23.5 Å². The van der Waals surface area contributed by atoms with Crippen molar-refractivity contribution in [2.24, 2.45) is 5.92 Å². The number of carbonyl (C=O) groups is 1. The van der Waals surface area contributed by atoms with Crippen LogP contribution >= 0.6 is 11.6 Å². The number of alkyl halides is 3. The van der Waals surface area contributed by atoms with Crippen molar-refractivity contribution in [1.82, 2.24) is 15.1 Å². The number of benzene rings is 1. The molecule has 14 heteroatoms. The number of anilines is 1. The molecule has 1 heterocycles. The van der Waals surface area contributed by atoms with Gasteiger partial charge in [-0.15, -0.1) is 0 Å². The zero-order valence-corrected chi connectivity index (χ0v) is 22.5. The van der Waals surface area contributed by atoms with Crippen LogP contribution in [0.5, 0.6) is 5.75 Å². The van der Waals surface area contributed by atoms with Gasteiger partial charge in [0.05, 0.1) is 42.1 Å². The fourth-order valence-electron chi connectivity index (χ4n) is 4.44. The van der Waals surface area contributed by atoms with E-state index in [1.807, 2.05) is 6.07 Å². The number of aromatic nitrogens is 2. The first-order chi connectivity index (χ1) is 17.8. The average Bonchev–Trinajstić information content (AvgIpc) is 3.19. The molecule has 0 radical (unpaired) electrons. The van der Waals surface area contributed by atoms with Crippen molar-refractivity contribution >= 4 is 33.0 Å². The highest BCUT2D eigenvalue weighted by atomic mass is 35.5. The molecular formula is C24H29ClF3N5O4S. The number of ether oxygens (including phenoxy) is 1. The Hall–Kier alpha value is -2.98. The summed E-state index contributed by atoms with van der Waals surface area (Å²) in [6.07, 6.45) is -0.673. The lowest BCUT2D eigenvalue weighted by atomic mass is 9.89. The van der Waals surface area contributed by atoms with E-state index in [1.165, 1.54) is 36.2 Å². The Bertz CT molecular complexity index is 1300. The molecule has 0 spiro atoms. The van der Waals surface area contributed by atoms with Gasteiger partial charge in [-0.1, -0.05) is 11.6 Å². The molecule has 1 aromatic carbocycles. The van der Waals surface area contributed by atoms with Gasteiger partial charge >= 0.3 is 6.18 Å². The van der Waals surface area contributed by atoms with E-state index in [1.54, 1.807) is 0 Å². The largest absolute Gasteiger partial charge is 0.496 e. The molecule has 3 rings (SSSR count). The molecule has 208 valence electrons.